The van der Waals surface area contributed by atoms with E-state index in [0.29, 0.717) is 12.1 Å². The third kappa shape index (κ3) is 4.01. The molecule has 1 aromatic carbocycles. The predicted molar refractivity (Wildman–Crippen MR) is 85.3 cm³/mol. The molecule has 0 radical (unpaired) electrons. The average Bonchev–Trinajstić information content (AvgIpc) is 2.40. The molecule has 0 saturated heterocycles. The second-order valence-electron chi connectivity index (χ2n) is 5.15. The van der Waals surface area contributed by atoms with Gasteiger partial charge in [0.1, 0.15) is 0 Å². The van der Waals surface area contributed by atoms with Crippen molar-refractivity contribution in [3.63, 3.8) is 0 Å². The summed E-state index contributed by atoms with van der Waals surface area (Å²) in [5.41, 5.74) is 1.38. The first-order valence-corrected chi connectivity index (χ1v) is 8.81. The van der Waals surface area contributed by atoms with Gasteiger partial charge in [-0.05, 0) is 56.6 Å². The van der Waals surface area contributed by atoms with Gasteiger partial charge in [0.25, 0.3) is 0 Å². The Morgan fingerprint density at radius 1 is 1.17 bits per heavy atom. The topological polar surface area (TPSA) is 12.0 Å². The lowest BCUT2D eigenvalue weighted by atomic mass is 9.94. The average molecular weight is 328 g/mol. The van der Waals surface area contributed by atoms with Gasteiger partial charge in [0.2, 0.25) is 0 Å². The van der Waals surface area contributed by atoms with E-state index in [4.69, 9.17) is 0 Å². The van der Waals surface area contributed by atoms with Crippen molar-refractivity contribution in [2.75, 3.05) is 6.26 Å². The van der Waals surface area contributed by atoms with Gasteiger partial charge in [0.05, 0.1) is 0 Å². The van der Waals surface area contributed by atoms with Gasteiger partial charge < -0.3 is 5.32 Å². The van der Waals surface area contributed by atoms with Gasteiger partial charge in [-0.15, -0.1) is 0 Å². The minimum absolute atomic E-state index is 0.453. The minimum Gasteiger partial charge on any atom is -0.307 e. The molecule has 1 fully saturated rings. The molecule has 0 bridgehead atoms. The van der Waals surface area contributed by atoms with E-state index >= 15 is 0 Å². The van der Waals surface area contributed by atoms with Crippen molar-refractivity contribution in [1.29, 1.82) is 0 Å². The van der Waals surface area contributed by atoms with Gasteiger partial charge >= 0.3 is 0 Å². The van der Waals surface area contributed by atoms with Crippen molar-refractivity contribution >= 4 is 27.7 Å². The van der Waals surface area contributed by atoms with E-state index in [-0.39, 0.29) is 0 Å². The summed E-state index contributed by atoms with van der Waals surface area (Å²) in [6.07, 6.45) is 7.62. The van der Waals surface area contributed by atoms with Crippen molar-refractivity contribution in [2.45, 2.75) is 49.9 Å². The fourth-order valence-electron chi connectivity index (χ4n) is 2.67. The monoisotopic (exact) mass is 327 g/mol. The van der Waals surface area contributed by atoms with Crippen LogP contribution >= 0.6 is 27.7 Å². The lowest BCUT2D eigenvalue weighted by Crippen LogP contribution is -2.35. The summed E-state index contributed by atoms with van der Waals surface area (Å²) in [5, 5.41) is 4.67. The highest BCUT2D eigenvalue weighted by Crippen LogP contribution is 2.28. The summed E-state index contributed by atoms with van der Waals surface area (Å²) in [5.74, 6) is 0. The molecule has 1 atom stereocenters. The number of hydrogen-bond acceptors (Lipinski definition) is 2. The summed E-state index contributed by atoms with van der Waals surface area (Å²) in [7, 11) is 0. The van der Waals surface area contributed by atoms with Crippen LogP contribution in [0.1, 0.15) is 44.2 Å². The second kappa shape index (κ2) is 6.97. The summed E-state index contributed by atoms with van der Waals surface area (Å²) < 4.78 is 1.15. The largest absolute Gasteiger partial charge is 0.307 e. The number of benzene rings is 1. The maximum Gasteiger partial charge on any atom is 0.0294 e. The molecule has 1 aromatic rings. The molecule has 3 heteroatoms. The van der Waals surface area contributed by atoms with Crippen LogP contribution in [0.5, 0.6) is 0 Å². The first-order chi connectivity index (χ1) is 8.69. The molecule has 0 spiro atoms. The second-order valence-corrected chi connectivity index (χ2v) is 7.20. The van der Waals surface area contributed by atoms with Gasteiger partial charge in [-0.25, -0.2) is 0 Å². The van der Waals surface area contributed by atoms with Gasteiger partial charge in [0, 0.05) is 21.8 Å². The number of hydrogen-bond donors (Lipinski definition) is 1. The molecule has 1 N–H and O–H groups in total. The summed E-state index contributed by atoms with van der Waals surface area (Å²) in [4.78, 5) is 0. The molecule has 1 unspecified atom stereocenters. The van der Waals surface area contributed by atoms with Crippen LogP contribution < -0.4 is 5.32 Å². The van der Waals surface area contributed by atoms with E-state index in [9.17, 15) is 0 Å². The third-order valence-corrected chi connectivity index (χ3v) is 5.53. The molecule has 1 aliphatic rings. The number of rotatable bonds is 4. The minimum atomic E-state index is 0.453. The Hall–Kier alpha value is 0.01000. The highest BCUT2D eigenvalue weighted by Gasteiger charge is 2.21. The molecular weight excluding hydrogens is 306 g/mol. The van der Waals surface area contributed by atoms with Gasteiger partial charge in [-0.3, -0.25) is 0 Å². The molecule has 0 aromatic heterocycles. The van der Waals surface area contributed by atoms with Gasteiger partial charge in [0.15, 0.2) is 0 Å². The Morgan fingerprint density at radius 2 is 1.78 bits per heavy atom. The number of thioether (sulfide) groups is 1. The number of nitrogens with one attached hydrogen (secondary N) is 1. The van der Waals surface area contributed by atoms with Crippen molar-refractivity contribution in [3.05, 3.63) is 34.3 Å². The first-order valence-electron chi connectivity index (χ1n) is 6.73. The van der Waals surface area contributed by atoms with E-state index in [1.165, 1.54) is 31.2 Å². The maximum absolute atomic E-state index is 3.77. The molecule has 0 aliphatic heterocycles. The Labute approximate surface area is 123 Å². The fraction of sp³-hybridized carbons (Fsp3) is 0.600. The van der Waals surface area contributed by atoms with Crippen LogP contribution in [0.25, 0.3) is 0 Å². The quantitative estimate of drug-likeness (QED) is 0.854. The molecular formula is C15H22BrNS. The van der Waals surface area contributed by atoms with E-state index in [2.05, 4.69) is 58.7 Å². The zero-order valence-electron chi connectivity index (χ0n) is 11.2. The molecule has 0 amide bonds. The standard InChI is InChI=1S/C15H22BrNS/c1-11(12-3-5-13(16)6-4-12)17-14-7-9-15(18-2)10-8-14/h3-6,11,14-15,17H,7-10H2,1-2H3. The van der Waals surface area contributed by atoms with Crippen LogP contribution in [0.2, 0.25) is 0 Å². The molecule has 0 heterocycles. The summed E-state index contributed by atoms with van der Waals surface area (Å²) in [6.45, 7) is 2.27. The Morgan fingerprint density at radius 3 is 2.33 bits per heavy atom. The SMILES string of the molecule is CSC1CCC(NC(C)c2ccc(Br)cc2)CC1. The van der Waals surface area contributed by atoms with Crippen LogP contribution in [-0.4, -0.2) is 17.5 Å². The van der Waals surface area contributed by atoms with Gasteiger partial charge in [-0.2, -0.15) is 11.8 Å². The molecule has 1 nitrogen and oxygen atoms in total. The molecule has 2 rings (SSSR count). The zero-order chi connectivity index (χ0) is 13.0. The van der Waals surface area contributed by atoms with Crippen LogP contribution in [-0.2, 0) is 0 Å². The van der Waals surface area contributed by atoms with E-state index in [0.717, 1.165) is 9.72 Å². The van der Waals surface area contributed by atoms with Crippen LogP contribution in [0.4, 0.5) is 0 Å². The zero-order valence-corrected chi connectivity index (χ0v) is 13.6. The lowest BCUT2D eigenvalue weighted by Gasteiger charge is -2.30. The maximum atomic E-state index is 3.77. The van der Waals surface area contributed by atoms with Crippen LogP contribution in [0, 0.1) is 0 Å². The smallest absolute Gasteiger partial charge is 0.0294 e. The predicted octanol–water partition coefficient (Wildman–Crippen LogP) is 4.77. The third-order valence-electron chi connectivity index (χ3n) is 3.86. The van der Waals surface area contributed by atoms with E-state index in [1.807, 2.05) is 11.8 Å². The van der Waals surface area contributed by atoms with Crippen LogP contribution in [0.3, 0.4) is 0 Å². The summed E-state index contributed by atoms with van der Waals surface area (Å²) >= 11 is 5.52. The van der Waals surface area contributed by atoms with Crippen molar-refractivity contribution < 1.29 is 0 Å². The van der Waals surface area contributed by atoms with Gasteiger partial charge in [-0.1, -0.05) is 28.1 Å². The number of halogens is 1. The Bertz CT molecular complexity index is 357. The normalized spacial score (nSPS) is 25.9. The van der Waals surface area contributed by atoms with Crippen LogP contribution in [0.15, 0.2) is 28.7 Å². The highest BCUT2D eigenvalue weighted by atomic mass is 79.9. The molecule has 1 saturated carbocycles. The van der Waals surface area contributed by atoms with E-state index < -0.39 is 0 Å². The molecule has 100 valence electrons. The first kappa shape index (κ1) is 14.4. The Balaban J connectivity index is 1.84. The van der Waals surface area contributed by atoms with E-state index in [1.54, 1.807) is 0 Å². The highest BCUT2D eigenvalue weighted by molar-refractivity contribution is 9.10. The molecule has 1 aliphatic carbocycles. The van der Waals surface area contributed by atoms with Crippen molar-refractivity contribution in [3.8, 4) is 0 Å². The summed E-state index contributed by atoms with van der Waals surface area (Å²) in [6, 6.07) is 9.81. The fourth-order valence-corrected chi connectivity index (χ4v) is 3.67. The Kier molecular flexibility index (Phi) is 5.58. The molecule has 18 heavy (non-hydrogen) atoms. The lowest BCUT2D eigenvalue weighted by molar-refractivity contribution is 0.352. The van der Waals surface area contributed by atoms with Crippen molar-refractivity contribution in [1.82, 2.24) is 5.32 Å². The van der Waals surface area contributed by atoms with Crippen molar-refractivity contribution in [2.24, 2.45) is 0 Å².